The van der Waals surface area contributed by atoms with Gasteiger partial charge in [0, 0.05) is 23.8 Å². The Balaban J connectivity index is 1.56. The highest BCUT2D eigenvalue weighted by Crippen LogP contribution is 2.14. The number of carbonyl (C=O) groups is 1. The summed E-state index contributed by atoms with van der Waals surface area (Å²) in [6, 6.07) is 5.52. The zero-order valence-electron chi connectivity index (χ0n) is 13.2. The van der Waals surface area contributed by atoms with Gasteiger partial charge in [-0.1, -0.05) is 11.8 Å². The predicted octanol–water partition coefficient (Wildman–Crippen LogP) is 1.38. The van der Waals surface area contributed by atoms with Crippen molar-refractivity contribution in [1.82, 2.24) is 30.0 Å². The number of carbonyl (C=O) groups excluding carboxylic acids is 1. The van der Waals surface area contributed by atoms with E-state index in [1.165, 1.54) is 11.8 Å². The fraction of sp³-hybridized carbons (Fsp3) is 0.200. The summed E-state index contributed by atoms with van der Waals surface area (Å²) in [6.45, 7) is 3.84. The highest BCUT2D eigenvalue weighted by molar-refractivity contribution is 7.99. The molecule has 3 aromatic heterocycles. The number of hydrogen-bond donors (Lipinski definition) is 1. The van der Waals surface area contributed by atoms with Crippen molar-refractivity contribution in [1.29, 1.82) is 0 Å². The lowest BCUT2D eigenvalue weighted by molar-refractivity contribution is -0.118. The number of pyridine rings is 1. The van der Waals surface area contributed by atoms with Crippen molar-refractivity contribution in [2.45, 2.75) is 19.0 Å². The minimum atomic E-state index is -0.231. The Bertz CT molecular complexity index is 891. The number of nitrogens with zero attached hydrogens (tertiary/aromatic N) is 6. The molecule has 0 atom stereocenters. The molecule has 1 N–H and O–H groups in total. The standard InChI is InChI=1S/C15H15N7OS/c1-10-7-11(2)22-14(18-10)19-15(21-22)24-9-13(23)20-17-8-12-3-5-16-6-4-12/h3-8H,9H2,1-2H3,(H,20,23)/b17-8-. The molecule has 9 heteroatoms. The van der Waals surface area contributed by atoms with Crippen LogP contribution < -0.4 is 5.43 Å². The summed E-state index contributed by atoms with van der Waals surface area (Å²) in [5.41, 5.74) is 5.15. The third-order valence-electron chi connectivity index (χ3n) is 3.04. The van der Waals surface area contributed by atoms with Gasteiger partial charge in [-0.2, -0.15) is 10.1 Å². The molecule has 0 aliphatic rings. The predicted molar refractivity (Wildman–Crippen MR) is 91.0 cm³/mol. The van der Waals surface area contributed by atoms with Crippen molar-refractivity contribution in [2.75, 3.05) is 5.75 Å². The van der Waals surface area contributed by atoms with Gasteiger partial charge in [-0.05, 0) is 37.6 Å². The first kappa shape index (κ1) is 16.1. The average molecular weight is 341 g/mol. The molecular weight excluding hydrogens is 326 g/mol. The van der Waals surface area contributed by atoms with Crippen LogP contribution in [0.1, 0.15) is 17.0 Å². The molecule has 1 amide bonds. The molecule has 3 aromatic rings. The molecule has 8 nitrogen and oxygen atoms in total. The largest absolute Gasteiger partial charge is 0.272 e. The lowest BCUT2D eigenvalue weighted by atomic mass is 10.3. The molecule has 0 aromatic carbocycles. The van der Waals surface area contributed by atoms with Gasteiger partial charge in [0.15, 0.2) is 0 Å². The van der Waals surface area contributed by atoms with Crippen LogP contribution in [0.3, 0.4) is 0 Å². The number of hydrogen-bond acceptors (Lipinski definition) is 7. The van der Waals surface area contributed by atoms with Crippen LogP contribution in [-0.4, -0.2) is 42.4 Å². The molecule has 0 radical (unpaired) electrons. The lowest BCUT2D eigenvalue weighted by Gasteiger charge is -1.97. The summed E-state index contributed by atoms with van der Waals surface area (Å²) in [4.78, 5) is 24.3. The smallest absolute Gasteiger partial charge is 0.253 e. The molecular formula is C15H15N7OS. The number of hydrazone groups is 1. The highest BCUT2D eigenvalue weighted by Gasteiger charge is 2.10. The summed E-state index contributed by atoms with van der Waals surface area (Å²) in [7, 11) is 0. The molecule has 0 aliphatic heterocycles. The molecule has 122 valence electrons. The zero-order chi connectivity index (χ0) is 16.9. The van der Waals surface area contributed by atoms with E-state index in [9.17, 15) is 4.79 Å². The topological polar surface area (TPSA) is 97.4 Å². The maximum Gasteiger partial charge on any atom is 0.253 e. The average Bonchev–Trinajstić information content (AvgIpc) is 2.97. The Kier molecular flexibility index (Phi) is 4.80. The first-order valence-corrected chi connectivity index (χ1v) is 8.16. The highest BCUT2D eigenvalue weighted by atomic mass is 32.2. The van der Waals surface area contributed by atoms with Crippen LogP contribution in [0, 0.1) is 13.8 Å². The third kappa shape index (κ3) is 3.93. The molecule has 0 aliphatic carbocycles. The SMILES string of the molecule is Cc1cc(C)n2nc(SCC(=O)N/N=C\c3ccncc3)nc2n1. The first-order valence-electron chi connectivity index (χ1n) is 7.17. The van der Waals surface area contributed by atoms with Crippen LogP contribution in [0.15, 0.2) is 40.9 Å². The number of nitrogens with one attached hydrogen (secondary N) is 1. The van der Waals surface area contributed by atoms with Gasteiger partial charge in [-0.15, -0.1) is 5.10 Å². The van der Waals surface area contributed by atoms with Crippen LogP contribution in [0.5, 0.6) is 0 Å². The van der Waals surface area contributed by atoms with Crippen LogP contribution >= 0.6 is 11.8 Å². The van der Waals surface area contributed by atoms with Crippen molar-refractivity contribution in [3.63, 3.8) is 0 Å². The van der Waals surface area contributed by atoms with E-state index in [0.717, 1.165) is 17.0 Å². The maximum atomic E-state index is 11.8. The number of aromatic nitrogens is 5. The number of amides is 1. The maximum absolute atomic E-state index is 11.8. The van der Waals surface area contributed by atoms with E-state index in [4.69, 9.17) is 0 Å². The van der Waals surface area contributed by atoms with Gasteiger partial charge in [-0.3, -0.25) is 9.78 Å². The van der Waals surface area contributed by atoms with Crippen molar-refractivity contribution < 1.29 is 4.79 Å². The van der Waals surface area contributed by atoms with Gasteiger partial charge < -0.3 is 0 Å². The van der Waals surface area contributed by atoms with Gasteiger partial charge in [0.25, 0.3) is 11.7 Å². The summed E-state index contributed by atoms with van der Waals surface area (Å²) in [5.74, 6) is 0.471. The van der Waals surface area contributed by atoms with Gasteiger partial charge in [0.1, 0.15) is 0 Å². The molecule has 24 heavy (non-hydrogen) atoms. The summed E-state index contributed by atoms with van der Waals surface area (Å²) < 4.78 is 1.66. The summed E-state index contributed by atoms with van der Waals surface area (Å²) in [5, 5.41) is 8.74. The fourth-order valence-corrected chi connectivity index (χ4v) is 2.61. The summed E-state index contributed by atoms with van der Waals surface area (Å²) in [6.07, 6.45) is 4.88. The summed E-state index contributed by atoms with van der Waals surface area (Å²) >= 11 is 1.24. The first-order chi connectivity index (χ1) is 11.6. The minimum Gasteiger partial charge on any atom is -0.272 e. The van der Waals surface area contributed by atoms with Crippen LogP contribution in [-0.2, 0) is 4.79 Å². The van der Waals surface area contributed by atoms with Crippen LogP contribution in [0.4, 0.5) is 0 Å². The van der Waals surface area contributed by atoms with E-state index in [1.807, 2.05) is 19.9 Å². The van der Waals surface area contributed by atoms with Crippen molar-refractivity contribution >= 4 is 29.7 Å². The Morgan fingerprint density at radius 3 is 2.92 bits per heavy atom. The van der Waals surface area contributed by atoms with Crippen molar-refractivity contribution in [3.8, 4) is 0 Å². The normalized spacial score (nSPS) is 11.2. The number of rotatable bonds is 5. The number of aryl methyl sites for hydroxylation is 2. The molecule has 0 spiro atoms. The lowest BCUT2D eigenvalue weighted by Crippen LogP contribution is -2.19. The van der Waals surface area contributed by atoms with Gasteiger partial charge in [-0.25, -0.2) is 14.9 Å². The Morgan fingerprint density at radius 2 is 2.12 bits per heavy atom. The van der Waals surface area contributed by atoms with E-state index < -0.39 is 0 Å². The Hall–Kier alpha value is -2.81. The van der Waals surface area contributed by atoms with Gasteiger partial charge >= 0.3 is 0 Å². The number of fused-ring (bicyclic) bond motifs is 1. The quantitative estimate of drug-likeness (QED) is 0.428. The fourth-order valence-electron chi connectivity index (χ4n) is 2.00. The van der Waals surface area contributed by atoms with Crippen LogP contribution in [0.25, 0.3) is 5.78 Å². The second-order valence-electron chi connectivity index (χ2n) is 5.01. The molecule has 0 saturated heterocycles. The minimum absolute atomic E-state index is 0.169. The Morgan fingerprint density at radius 1 is 1.33 bits per heavy atom. The van der Waals surface area contributed by atoms with E-state index in [-0.39, 0.29) is 11.7 Å². The van der Waals surface area contributed by atoms with Gasteiger partial charge in [0.2, 0.25) is 5.16 Å². The van der Waals surface area contributed by atoms with Crippen molar-refractivity contribution in [2.24, 2.45) is 5.10 Å². The zero-order valence-corrected chi connectivity index (χ0v) is 14.0. The monoisotopic (exact) mass is 341 g/mol. The molecule has 3 heterocycles. The molecule has 0 bridgehead atoms. The molecule has 0 fully saturated rings. The molecule has 0 unspecified atom stereocenters. The second-order valence-corrected chi connectivity index (χ2v) is 5.95. The molecule has 3 rings (SSSR count). The van der Waals surface area contributed by atoms with E-state index in [0.29, 0.717) is 10.9 Å². The third-order valence-corrected chi connectivity index (χ3v) is 3.88. The Labute approximate surface area is 142 Å². The second kappa shape index (κ2) is 7.18. The van der Waals surface area contributed by atoms with E-state index in [1.54, 1.807) is 35.3 Å². The van der Waals surface area contributed by atoms with Gasteiger partial charge in [0.05, 0.1) is 12.0 Å². The van der Waals surface area contributed by atoms with E-state index >= 15 is 0 Å². The molecule has 0 saturated carbocycles. The van der Waals surface area contributed by atoms with E-state index in [2.05, 4.69) is 30.6 Å². The number of thioether (sulfide) groups is 1. The van der Waals surface area contributed by atoms with Crippen molar-refractivity contribution in [3.05, 3.63) is 47.5 Å². The van der Waals surface area contributed by atoms with Crippen LogP contribution in [0.2, 0.25) is 0 Å².